The lowest BCUT2D eigenvalue weighted by Crippen LogP contribution is -2.08. The Morgan fingerprint density at radius 3 is 2.54 bits per heavy atom. The fourth-order valence-electron chi connectivity index (χ4n) is 0.685. The third-order valence-electron chi connectivity index (χ3n) is 1.04. The molecule has 0 aliphatic rings. The largest absolute Gasteiger partial charge is 0.321 e. The maximum Gasteiger partial charge on any atom is 0.321 e. The number of hydrogen-bond donors (Lipinski definition) is 1. The van der Waals surface area contributed by atoms with Crippen molar-refractivity contribution < 1.29 is 8.42 Å². The van der Waals surface area contributed by atoms with Gasteiger partial charge in [0, 0.05) is 16.4 Å². The summed E-state index contributed by atoms with van der Waals surface area (Å²) >= 11 is 5.55. The lowest BCUT2D eigenvalue weighted by atomic mass is 10.5. The van der Waals surface area contributed by atoms with Crippen LogP contribution >= 0.6 is 22.3 Å². The van der Waals surface area contributed by atoms with Crippen LogP contribution in [0, 0.1) is 6.92 Å². The van der Waals surface area contributed by atoms with E-state index >= 15 is 0 Å². The number of rotatable bonds is 2. The van der Waals surface area contributed by atoms with Crippen molar-refractivity contribution in [3.8, 4) is 0 Å². The zero-order chi connectivity index (χ0) is 10.1. The fraction of sp³-hybridized carbons (Fsp3) is 0.200. The van der Waals surface area contributed by atoms with Crippen LogP contribution in [0.4, 0.5) is 5.95 Å². The van der Waals surface area contributed by atoms with Gasteiger partial charge >= 0.3 is 9.24 Å². The van der Waals surface area contributed by atoms with E-state index in [1.54, 1.807) is 6.92 Å². The summed E-state index contributed by atoms with van der Waals surface area (Å²) in [7, 11) is 1.04. The van der Waals surface area contributed by atoms with E-state index in [1.807, 2.05) is 4.72 Å². The van der Waals surface area contributed by atoms with Crippen LogP contribution in [0.15, 0.2) is 6.07 Å². The van der Waals surface area contributed by atoms with Crippen LogP contribution in [0.25, 0.3) is 0 Å². The second-order valence-corrected chi connectivity index (χ2v) is 4.88. The molecule has 0 saturated heterocycles. The molecule has 1 N–H and O–H groups in total. The van der Waals surface area contributed by atoms with Gasteiger partial charge in [0.2, 0.25) is 5.95 Å². The molecule has 1 aromatic rings. The van der Waals surface area contributed by atoms with E-state index in [0.717, 1.165) is 0 Å². The minimum atomic E-state index is -3.87. The molecule has 0 radical (unpaired) electrons. The molecule has 0 spiro atoms. The number of aromatic nitrogens is 2. The van der Waals surface area contributed by atoms with Crippen LogP contribution in [-0.4, -0.2) is 18.4 Å². The maximum absolute atomic E-state index is 10.6. The number of nitrogens with zero attached hydrogens (tertiary/aromatic N) is 2. The summed E-state index contributed by atoms with van der Waals surface area (Å²) in [4.78, 5) is 7.35. The van der Waals surface area contributed by atoms with Crippen molar-refractivity contribution in [3.63, 3.8) is 0 Å². The number of hydrogen-bond acceptors (Lipinski definition) is 4. The first kappa shape index (κ1) is 10.5. The molecule has 1 aromatic heterocycles. The van der Waals surface area contributed by atoms with Crippen molar-refractivity contribution in [1.82, 2.24) is 9.97 Å². The van der Waals surface area contributed by atoms with Crippen molar-refractivity contribution in [2.75, 3.05) is 4.72 Å². The molecule has 0 amide bonds. The molecule has 0 aromatic carbocycles. The highest BCUT2D eigenvalue weighted by molar-refractivity contribution is 8.14. The van der Waals surface area contributed by atoms with Crippen LogP contribution in [0.1, 0.15) is 5.69 Å². The number of anilines is 1. The molecule has 0 saturated carbocycles. The van der Waals surface area contributed by atoms with Gasteiger partial charge in [0.05, 0.1) is 0 Å². The second kappa shape index (κ2) is 3.65. The molecular weight excluding hydrogens is 237 g/mol. The topological polar surface area (TPSA) is 72.0 Å². The Hall–Kier alpha value is -0.590. The smallest absolute Gasteiger partial charge is 0.238 e. The maximum atomic E-state index is 10.6. The summed E-state index contributed by atoms with van der Waals surface area (Å²) in [5.74, 6) is -0.139. The van der Waals surface area contributed by atoms with Gasteiger partial charge in [0.1, 0.15) is 5.15 Å². The van der Waals surface area contributed by atoms with Gasteiger partial charge in [-0.15, -0.1) is 0 Å². The predicted molar refractivity (Wildman–Crippen MR) is 50.2 cm³/mol. The van der Waals surface area contributed by atoms with Gasteiger partial charge in [-0.05, 0) is 13.0 Å². The Labute approximate surface area is 84.7 Å². The highest BCUT2D eigenvalue weighted by Gasteiger charge is 2.07. The van der Waals surface area contributed by atoms with Crippen LogP contribution in [-0.2, 0) is 9.24 Å². The molecule has 0 aliphatic heterocycles. The Kier molecular flexibility index (Phi) is 2.94. The van der Waals surface area contributed by atoms with Crippen LogP contribution in [0.2, 0.25) is 5.15 Å². The van der Waals surface area contributed by atoms with Gasteiger partial charge < -0.3 is 0 Å². The van der Waals surface area contributed by atoms with Gasteiger partial charge in [-0.2, -0.15) is 8.42 Å². The third-order valence-corrected chi connectivity index (χ3v) is 1.89. The zero-order valence-electron chi connectivity index (χ0n) is 6.45. The Balaban J connectivity index is 3.03. The third kappa shape index (κ3) is 3.75. The van der Waals surface area contributed by atoms with E-state index in [0.29, 0.717) is 5.69 Å². The van der Waals surface area contributed by atoms with Crippen LogP contribution < -0.4 is 4.72 Å². The van der Waals surface area contributed by atoms with E-state index in [2.05, 4.69) is 9.97 Å². The molecule has 0 atom stereocenters. The molecule has 13 heavy (non-hydrogen) atoms. The summed E-state index contributed by atoms with van der Waals surface area (Å²) in [6.45, 7) is 1.65. The Morgan fingerprint density at radius 2 is 2.08 bits per heavy atom. The van der Waals surface area contributed by atoms with E-state index < -0.39 is 9.24 Å². The molecule has 0 unspecified atom stereocenters. The van der Waals surface area contributed by atoms with Gasteiger partial charge in [-0.1, -0.05) is 11.6 Å². The number of aryl methyl sites for hydroxylation is 1. The predicted octanol–water partition coefficient (Wildman–Crippen LogP) is 1.33. The number of halogens is 2. The van der Waals surface area contributed by atoms with E-state index in [1.165, 1.54) is 6.07 Å². The molecule has 5 nitrogen and oxygen atoms in total. The highest BCUT2D eigenvalue weighted by atomic mass is 35.7. The average Bonchev–Trinajstić information content (AvgIpc) is 1.78. The van der Waals surface area contributed by atoms with Crippen LogP contribution in [0.5, 0.6) is 0 Å². The average molecular weight is 242 g/mol. The molecule has 0 aliphatic carbocycles. The van der Waals surface area contributed by atoms with Crippen molar-refractivity contribution in [2.24, 2.45) is 0 Å². The summed E-state index contributed by atoms with van der Waals surface area (Å²) in [6.07, 6.45) is 0. The van der Waals surface area contributed by atoms with Crippen LogP contribution in [0.3, 0.4) is 0 Å². The van der Waals surface area contributed by atoms with Gasteiger partial charge in [-0.25, -0.2) is 14.7 Å². The zero-order valence-corrected chi connectivity index (χ0v) is 8.78. The molecule has 8 heteroatoms. The normalized spacial score (nSPS) is 11.3. The summed E-state index contributed by atoms with van der Waals surface area (Å²) < 4.78 is 23.0. The molecule has 72 valence electrons. The first-order valence-corrected chi connectivity index (χ1v) is 5.79. The minimum Gasteiger partial charge on any atom is -0.238 e. The van der Waals surface area contributed by atoms with Crippen molar-refractivity contribution >= 4 is 37.5 Å². The molecule has 0 bridgehead atoms. The minimum absolute atomic E-state index is 0.139. The van der Waals surface area contributed by atoms with Gasteiger partial charge in [-0.3, -0.25) is 0 Å². The summed E-state index contributed by atoms with van der Waals surface area (Å²) in [6, 6.07) is 1.49. The molecule has 0 fully saturated rings. The van der Waals surface area contributed by atoms with Crippen molar-refractivity contribution in [1.29, 1.82) is 0 Å². The van der Waals surface area contributed by atoms with E-state index in [9.17, 15) is 8.42 Å². The molecular formula is C5H5Cl2N3O2S. The first-order valence-electron chi connectivity index (χ1n) is 3.10. The molecule has 1 heterocycles. The SMILES string of the molecule is Cc1cc(Cl)nc(NS(=O)(=O)Cl)n1. The summed E-state index contributed by atoms with van der Waals surface area (Å²) in [5.41, 5.74) is 0.544. The molecule has 1 rings (SSSR count). The van der Waals surface area contributed by atoms with Crippen molar-refractivity contribution in [2.45, 2.75) is 6.92 Å². The Morgan fingerprint density at radius 1 is 1.46 bits per heavy atom. The monoisotopic (exact) mass is 241 g/mol. The highest BCUT2D eigenvalue weighted by Crippen LogP contribution is 2.11. The van der Waals surface area contributed by atoms with Crippen molar-refractivity contribution in [3.05, 3.63) is 16.9 Å². The lowest BCUT2D eigenvalue weighted by molar-refractivity contribution is 0.614. The quantitative estimate of drug-likeness (QED) is 0.627. The first-order chi connectivity index (χ1) is 5.87. The van der Waals surface area contributed by atoms with Gasteiger partial charge in [0.15, 0.2) is 0 Å². The van der Waals surface area contributed by atoms with Gasteiger partial charge in [0.25, 0.3) is 0 Å². The summed E-state index contributed by atoms with van der Waals surface area (Å²) in [5, 5.41) is 0.148. The second-order valence-electron chi connectivity index (χ2n) is 2.20. The lowest BCUT2D eigenvalue weighted by Gasteiger charge is -2.01. The standard InChI is InChI=1S/C5H5Cl2N3O2S/c1-3-2-4(6)9-5(8-3)10-13(7,11)12/h2H,1H3,(H,8,9,10). The van der Waals surface area contributed by atoms with E-state index in [-0.39, 0.29) is 11.1 Å². The van der Waals surface area contributed by atoms with E-state index in [4.69, 9.17) is 22.3 Å². The Bertz CT molecular complexity index is 400. The fourth-order valence-corrected chi connectivity index (χ4v) is 1.44. The number of nitrogens with one attached hydrogen (secondary N) is 1.